The zero-order valence-electron chi connectivity index (χ0n) is 10.7. The number of rotatable bonds is 5. The number of hydrogen-bond acceptors (Lipinski definition) is 2. The zero-order chi connectivity index (χ0) is 12.7. The molecule has 96 valence electrons. The number of amides is 1. The van der Waals surface area contributed by atoms with Gasteiger partial charge in [-0.1, -0.05) is 26.2 Å². The van der Waals surface area contributed by atoms with Crippen LogP contribution >= 0.6 is 0 Å². The molecule has 2 atom stereocenters. The molecule has 1 saturated carbocycles. The van der Waals surface area contributed by atoms with Crippen LogP contribution in [0.5, 0.6) is 0 Å². The van der Waals surface area contributed by atoms with Gasteiger partial charge < -0.3 is 11.1 Å². The maximum atomic E-state index is 11.8. The van der Waals surface area contributed by atoms with Crippen molar-refractivity contribution in [3.63, 3.8) is 0 Å². The molecule has 17 heavy (non-hydrogen) atoms. The average Bonchev–Trinajstić information content (AvgIpc) is 2.37. The highest BCUT2D eigenvalue weighted by atomic mass is 16.2. The smallest absolute Gasteiger partial charge is 0.238 e. The molecule has 3 N–H and O–H groups in total. The van der Waals surface area contributed by atoms with Gasteiger partial charge in [0.15, 0.2) is 0 Å². The molecule has 1 aliphatic rings. The molecule has 1 aliphatic carbocycles. The molecular weight excluding hydrogens is 212 g/mol. The Morgan fingerprint density at radius 1 is 1.47 bits per heavy atom. The second-order valence-corrected chi connectivity index (χ2v) is 4.94. The van der Waals surface area contributed by atoms with Gasteiger partial charge in [0.25, 0.3) is 0 Å². The van der Waals surface area contributed by atoms with E-state index in [1.807, 2.05) is 0 Å². The fourth-order valence-corrected chi connectivity index (χ4v) is 2.60. The Morgan fingerprint density at radius 2 is 2.12 bits per heavy atom. The first-order valence-corrected chi connectivity index (χ1v) is 6.68. The summed E-state index contributed by atoms with van der Waals surface area (Å²) in [6.07, 6.45) is 12.8. The van der Waals surface area contributed by atoms with Crippen LogP contribution in [0.15, 0.2) is 0 Å². The number of hydrogen-bond donors (Lipinski definition) is 2. The number of nitrogens with two attached hydrogens (primary N) is 1. The summed E-state index contributed by atoms with van der Waals surface area (Å²) in [5.41, 5.74) is 5.71. The molecule has 1 amide bonds. The highest BCUT2D eigenvalue weighted by molar-refractivity contribution is 5.82. The van der Waals surface area contributed by atoms with Crippen LogP contribution in [-0.4, -0.2) is 18.0 Å². The topological polar surface area (TPSA) is 55.1 Å². The maximum absolute atomic E-state index is 11.8. The van der Waals surface area contributed by atoms with Crippen molar-refractivity contribution < 1.29 is 4.79 Å². The molecule has 3 heteroatoms. The van der Waals surface area contributed by atoms with Crippen LogP contribution in [-0.2, 0) is 4.79 Å². The molecular formula is C14H24N2O. The first kappa shape index (κ1) is 14.1. The highest BCUT2D eigenvalue weighted by Gasteiger charge is 2.25. The predicted molar refractivity (Wildman–Crippen MR) is 70.2 cm³/mol. The van der Waals surface area contributed by atoms with E-state index >= 15 is 0 Å². The average molecular weight is 236 g/mol. The lowest BCUT2D eigenvalue weighted by atomic mass is 9.83. The first-order chi connectivity index (χ1) is 8.19. The van der Waals surface area contributed by atoms with Crippen molar-refractivity contribution in [3.8, 4) is 12.3 Å². The Bertz CT molecular complexity index is 276. The molecule has 0 spiro atoms. The second kappa shape index (κ2) is 7.34. The summed E-state index contributed by atoms with van der Waals surface area (Å²) in [6.45, 7) is 2.12. The van der Waals surface area contributed by atoms with E-state index in [-0.39, 0.29) is 11.9 Å². The normalized spacial score (nSPS) is 20.3. The number of carbonyl (C=O) groups is 1. The summed E-state index contributed by atoms with van der Waals surface area (Å²) in [5, 5.41) is 3.06. The van der Waals surface area contributed by atoms with Crippen LogP contribution < -0.4 is 11.1 Å². The quantitative estimate of drug-likeness (QED) is 0.715. The minimum Gasteiger partial charge on any atom is -0.352 e. The third kappa shape index (κ3) is 4.40. The van der Waals surface area contributed by atoms with Gasteiger partial charge in [0.2, 0.25) is 5.91 Å². The molecule has 1 fully saturated rings. The van der Waals surface area contributed by atoms with Gasteiger partial charge >= 0.3 is 0 Å². The number of nitrogens with one attached hydrogen (secondary N) is 1. The third-order valence-corrected chi connectivity index (χ3v) is 3.66. The van der Waals surface area contributed by atoms with E-state index in [0.29, 0.717) is 12.3 Å². The van der Waals surface area contributed by atoms with Crippen LogP contribution in [0.3, 0.4) is 0 Å². The molecule has 0 saturated heterocycles. The van der Waals surface area contributed by atoms with Gasteiger partial charge in [-0.3, -0.25) is 4.79 Å². The summed E-state index contributed by atoms with van der Waals surface area (Å²) < 4.78 is 0. The molecule has 2 unspecified atom stereocenters. The van der Waals surface area contributed by atoms with Gasteiger partial charge in [0.1, 0.15) is 0 Å². The fourth-order valence-electron chi connectivity index (χ4n) is 2.60. The zero-order valence-corrected chi connectivity index (χ0v) is 10.7. The van der Waals surface area contributed by atoms with E-state index in [1.165, 1.54) is 32.1 Å². The van der Waals surface area contributed by atoms with E-state index in [1.54, 1.807) is 0 Å². The molecule has 0 aliphatic heterocycles. The lowest BCUT2D eigenvalue weighted by Crippen LogP contribution is -2.48. The third-order valence-electron chi connectivity index (χ3n) is 3.66. The van der Waals surface area contributed by atoms with E-state index in [0.717, 1.165) is 6.42 Å². The Balaban J connectivity index is 2.45. The summed E-state index contributed by atoms with van der Waals surface area (Å²) in [5.74, 6) is 2.96. The van der Waals surface area contributed by atoms with E-state index in [2.05, 4.69) is 18.2 Å². The van der Waals surface area contributed by atoms with Crippen LogP contribution in [0, 0.1) is 18.3 Å². The molecule has 0 bridgehead atoms. The SMILES string of the molecule is C#CCC(N)C(=O)NC(CC)C1CCCCC1. The van der Waals surface area contributed by atoms with Gasteiger partial charge in [-0.15, -0.1) is 12.3 Å². The second-order valence-electron chi connectivity index (χ2n) is 4.94. The van der Waals surface area contributed by atoms with Crippen molar-refractivity contribution >= 4 is 5.91 Å². The summed E-state index contributed by atoms with van der Waals surface area (Å²) >= 11 is 0. The summed E-state index contributed by atoms with van der Waals surface area (Å²) in [7, 11) is 0. The Labute approximate surface area is 105 Å². The van der Waals surface area contributed by atoms with E-state index in [4.69, 9.17) is 12.2 Å². The van der Waals surface area contributed by atoms with Crippen LogP contribution in [0.25, 0.3) is 0 Å². The molecule has 0 radical (unpaired) electrons. The van der Waals surface area contributed by atoms with Crippen molar-refractivity contribution in [2.24, 2.45) is 11.7 Å². The van der Waals surface area contributed by atoms with Crippen molar-refractivity contribution in [2.45, 2.75) is 64.0 Å². The monoisotopic (exact) mass is 236 g/mol. The number of terminal acetylenes is 1. The van der Waals surface area contributed by atoms with Gasteiger partial charge in [0, 0.05) is 12.5 Å². The highest BCUT2D eigenvalue weighted by Crippen LogP contribution is 2.27. The number of carbonyl (C=O) groups excluding carboxylic acids is 1. The largest absolute Gasteiger partial charge is 0.352 e. The van der Waals surface area contributed by atoms with Crippen molar-refractivity contribution in [1.29, 1.82) is 0 Å². The Morgan fingerprint density at radius 3 is 2.65 bits per heavy atom. The van der Waals surface area contributed by atoms with Gasteiger partial charge in [0.05, 0.1) is 6.04 Å². The van der Waals surface area contributed by atoms with E-state index in [9.17, 15) is 4.79 Å². The predicted octanol–water partition coefficient (Wildman–Crippen LogP) is 1.81. The van der Waals surface area contributed by atoms with Crippen LogP contribution in [0.2, 0.25) is 0 Å². The minimum atomic E-state index is -0.558. The van der Waals surface area contributed by atoms with Crippen molar-refractivity contribution in [2.75, 3.05) is 0 Å². The Hall–Kier alpha value is -1.01. The minimum absolute atomic E-state index is 0.0969. The van der Waals surface area contributed by atoms with Crippen LogP contribution in [0.4, 0.5) is 0 Å². The van der Waals surface area contributed by atoms with Crippen LogP contribution in [0.1, 0.15) is 51.9 Å². The molecule has 0 aromatic rings. The maximum Gasteiger partial charge on any atom is 0.238 e. The van der Waals surface area contributed by atoms with Gasteiger partial charge in [-0.2, -0.15) is 0 Å². The molecule has 0 aromatic heterocycles. The van der Waals surface area contributed by atoms with Gasteiger partial charge in [-0.05, 0) is 25.2 Å². The lowest BCUT2D eigenvalue weighted by molar-refractivity contribution is -0.123. The molecule has 0 heterocycles. The fraction of sp³-hybridized carbons (Fsp3) is 0.786. The standard InChI is InChI=1S/C14H24N2O/c1-3-8-12(15)14(17)16-13(4-2)11-9-6-5-7-10-11/h1,11-13H,4-10,15H2,2H3,(H,16,17). The van der Waals surface area contributed by atoms with Crippen molar-refractivity contribution in [1.82, 2.24) is 5.32 Å². The molecule has 3 nitrogen and oxygen atoms in total. The Kier molecular flexibility index (Phi) is 6.07. The van der Waals surface area contributed by atoms with Crippen molar-refractivity contribution in [3.05, 3.63) is 0 Å². The molecule has 1 rings (SSSR count). The first-order valence-electron chi connectivity index (χ1n) is 6.68. The molecule has 0 aromatic carbocycles. The van der Waals surface area contributed by atoms with E-state index < -0.39 is 6.04 Å². The van der Waals surface area contributed by atoms with Gasteiger partial charge in [-0.25, -0.2) is 0 Å². The summed E-state index contributed by atoms with van der Waals surface area (Å²) in [6, 6.07) is -0.288. The summed E-state index contributed by atoms with van der Waals surface area (Å²) in [4.78, 5) is 11.8. The lowest BCUT2D eigenvalue weighted by Gasteiger charge is -2.30.